The van der Waals surface area contributed by atoms with E-state index in [1.54, 1.807) is 24.3 Å². The molecule has 0 unspecified atom stereocenters. The fraction of sp³-hybridized carbons (Fsp3) is 0.143. The maximum absolute atomic E-state index is 13.0. The van der Waals surface area contributed by atoms with Crippen molar-refractivity contribution in [3.8, 4) is 0 Å². The van der Waals surface area contributed by atoms with Crippen LogP contribution in [0, 0.1) is 5.82 Å². The van der Waals surface area contributed by atoms with Gasteiger partial charge < -0.3 is 4.90 Å². The standard InChI is InChI=1S/C14H12BrFN2O/c1-18(9-10-4-6-17-7-5-10)14(19)12-3-2-11(16)8-13(12)15/h2-8H,9H2,1H3. The number of benzene rings is 1. The van der Waals surface area contributed by atoms with E-state index in [1.807, 2.05) is 12.1 Å². The Balaban J connectivity index is 2.15. The number of aromatic nitrogens is 1. The lowest BCUT2D eigenvalue weighted by Gasteiger charge is -2.18. The van der Waals surface area contributed by atoms with Gasteiger partial charge in [0.2, 0.25) is 0 Å². The average molecular weight is 323 g/mol. The molecule has 0 atom stereocenters. The Kier molecular flexibility index (Phi) is 4.27. The van der Waals surface area contributed by atoms with Crippen molar-refractivity contribution in [1.29, 1.82) is 0 Å². The fourth-order valence-corrected chi connectivity index (χ4v) is 2.22. The van der Waals surface area contributed by atoms with Crippen LogP contribution in [0.15, 0.2) is 47.2 Å². The molecule has 0 saturated heterocycles. The van der Waals surface area contributed by atoms with E-state index in [4.69, 9.17) is 0 Å². The van der Waals surface area contributed by atoms with Gasteiger partial charge in [-0.15, -0.1) is 0 Å². The van der Waals surface area contributed by atoms with Gasteiger partial charge in [0.1, 0.15) is 5.82 Å². The van der Waals surface area contributed by atoms with Crippen LogP contribution in [0.5, 0.6) is 0 Å². The molecule has 1 aromatic heterocycles. The lowest BCUT2D eigenvalue weighted by molar-refractivity contribution is 0.0784. The van der Waals surface area contributed by atoms with Crippen LogP contribution in [0.2, 0.25) is 0 Å². The number of halogens is 2. The number of hydrogen-bond acceptors (Lipinski definition) is 2. The summed E-state index contributed by atoms with van der Waals surface area (Å²) in [5, 5.41) is 0. The highest BCUT2D eigenvalue weighted by Crippen LogP contribution is 2.20. The van der Waals surface area contributed by atoms with Crippen LogP contribution in [0.25, 0.3) is 0 Å². The Morgan fingerprint density at radius 3 is 2.63 bits per heavy atom. The van der Waals surface area contributed by atoms with Gasteiger partial charge in [-0.1, -0.05) is 0 Å². The van der Waals surface area contributed by atoms with Crippen molar-refractivity contribution in [3.63, 3.8) is 0 Å². The van der Waals surface area contributed by atoms with E-state index in [0.29, 0.717) is 16.6 Å². The maximum atomic E-state index is 13.0. The first-order valence-electron chi connectivity index (χ1n) is 5.67. The number of amides is 1. The molecular weight excluding hydrogens is 311 g/mol. The smallest absolute Gasteiger partial charge is 0.255 e. The Bertz CT molecular complexity index is 589. The summed E-state index contributed by atoms with van der Waals surface area (Å²) in [6, 6.07) is 7.74. The molecule has 0 fully saturated rings. The zero-order valence-electron chi connectivity index (χ0n) is 10.3. The second-order valence-electron chi connectivity index (χ2n) is 4.14. The quantitative estimate of drug-likeness (QED) is 0.869. The second kappa shape index (κ2) is 5.93. The van der Waals surface area contributed by atoms with Crippen LogP contribution >= 0.6 is 15.9 Å². The molecule has 0 saturated carbocycles. The molecule has 1 aromatic carbocycles. The topological polar surface area (TPSA) is 33.2 Å². The molecule has 2 rings (SSSR count). The monoisotopic (exact) mass is 322 g/mol. The van der Waals surface area contributed by atoms with Gasteiger partial charge in [-0.25, -0.2) is 4.39 Å². The van der Waals surface area contributed by atoms with Crippen molar-refractivity contribution in [3.05, 3.63) is 64.1 Å². The summed E-state index contributed by atoms with van der Waals surface area (Å²) < 4.78 is 13.5. The van der Waals surface area contributed by atoms with Gasteiger partial charge in [-0.3, -0.25) is 9.78 Å². The van der Waals surface area contributed by atoms with E-state index in [0.717, 1.165) is 5.56 Å². The summed E-state index contributed by atoms with van der Waals surface area (Å²) in [7, 11) is 1.71. The van der Waals surface area contributed by atoms with Gasteiger partial charge in [0.15, 0.2) is 0 Å². The summed E-state index contributed by atoms with van der Waals surface area (Å²) in [5.41, 5.74) is 1.43. The maximum Gasteiger partial charge on any atom is 0.255 e. The van der Waals surface area contributed by atoms with Crippen LogP contribution in [-0.4, -0.2) is 22.8 Å². The van der Waals surface area contributed by atoms with Crippen molar-refractivity contribution >= 4 is 21.8 Å². The van der Waals surface area contributed by atoms with Gasteiger partial charge in [0.05, 0.1) is 5.56 Å². The normalized spacial score (nSPS) is 10.3. The summed E-state index contributed by atoms with van der Waals surface area (Å²) in [5.74, 6) is -0.538. The van der Waals surface area contributed by atoms with Crippen LogP contribution in [0.3, 0.4) is 0 Å². The lowest BCUT2D eigenvalue weighted by atomic mass is 10.2. The molecule has 0 aliphatic carbocycles. The van der Waals surface area contributed by atoms with Gasteiger partial charge in [-0.05, 0) is 51.8 Å². The molecule has 0 radical (unpaired) electrons. The first kappa shape index (κ1) is 13.7. The predicted molar refractivity (Wildman–Crippen MR) is 74.1 cm³/mol. The third-order valence-corrected chi connectivity index (χ3v) is 3.33. The van der Waals surface area contributed by atoms with Gasteiger partial charge in [0.25, 0.3) is 5.91 Å². The Labute approximate surface area is 119 Å². The molecule has 0 aliphatic rings. The highest BCUT2D eigenvalue weighted by molar-refractivity contribution is 9.10. The highest BCUT2D eigenvalue weighted by Gasteiger charge is 2.15. The molecule has 0 spiro atoms. The average Bonchev–Trinajstić information content (AvgIpc) is 2.39. The van der Waals surface area contributed by atoms with E-state index in [9.17, 15) is 9.18 Å². The number of pyridine rings is 1. The van der Waals surface area contributed by atoms with Crippen LogP contribution in [0.4, 0.5) is 4.39 Å². The molecule has 0 bridgehead atoms. The zero-order chi connectivity index (χ0) is 13.8. The van der Waals surface area contributed by atoms with Crippen molar-refractivity contribution in [2.45, 2.75) is 6.54 Å². The molecule has 5 heteroatoms. The van der Waals surface area contributed by atoms with E-state index in [2.05, 4.69) is 20.9 Å². The first-order chi connectivity index (χ1) is 9.08. The molecule has 1 amide bonds. The van der Waals surface area contributed by atoms with E-state index in [1.165, 1.54) is 18.2 Å². The van der Waals surface area contributed by atoms with E-state index in [-0.39, 0.29) is 11.7 Å². The lowest BCUT2D eigenvalue weighted by Crippen LogP contribution is -2.26. The van der Waals surface area contributed by atoms with Crippen LogP contribution < -0.4 is 0 Å². The summed E-state index contributed by atoms with van der Waals surface area (Å²) in [4.78, 5) is 17.7. The molecule has 0 N–H and O–H groups in total. The molecule has 2 aromatic rings. The molecular formula is C14H12BrFN2O. The van der Waals surface area contributed by atoms with Crippen LogP contribution in [-0.2, 0) is 6.54 Å². The van der Waals surface area contributed by atoms with Gasteiger partial charge in [0, 0.05) is 30.5 Å². The van der Waals surface area contributed by atoms with E-state index >= 15 is 0 Å². The zero-order valence-corrected chi connectivity index (χ0v) is 11.9. The van der Waals surface area contributed by atoms with Gasteiger partial charge >= 0.3 is 0 Å². The molecule has 0 aliphatic heterocycles. The SMILES string of the molecule is CN(Cc1ccncc1)C(=O)c1ccc(F)cc1Br. The van der Waals surface area contributed by atoms with Crippen molar-refractivity contribution in [1.82, 2.24) is 9.88 Å². The minimum Gasteiger partial charge on any atom is -0.337 e. The second-order valence-corrected chi connectivity index (χ2v) is 5.00. The number of nitrogens with zero attached hydrogens (tertiary/aromatic N) is 2. The third kappa shape index (κ3) is 3.38. The van der Waals surface area contributed by atoms with Gasteiger partial charge in [-0.2, -0.15) is 0 Å². The first-order valence-corrected chi connectivity index (χ1v) is 6.46. The molecule has 98 valence electrons. The Hall–Kier alpha value is -1.75. The Morgan fingerprint density at radius 2 is 2.00 bits per heavy atom. The van der Waals surface area contributed by atoms with Crippen LogP contribution in [0.1, 0.15) is 15.9 Å². The number of carbonyl (C=O) groups excluding carboxylic acids is 1. The van der Waals surface area contributed by atoms with Crippen molar-refractivity contribution in [2.75, 3.05) is 7.05 Å². The van der Waals surface area contributed by atoms with Crippen molar-refractivity contribution in [2.24, 2.45) is 0 Å². The molecule has 19 heavy (non-hydrogen) atoms. The molecule has 3 nitrogen and oxygen atoms in total. The summed E-state index contributed by atoms with van der Waals surface area (Å²) >= 11 is 3.20. The largest absolute Gasteiger partial charge is 0.337 e. The number of carbonyl (C=O) groups is 1. The highest BCUT2D eigenvalue weighted by atomic mass is 79.9. The fourth-order valence-electron chi connectivity index (χ4n) is 1.70. The Morgan fingerprint density at radius 1 is 1.32 bits per heavy atom. The summed E-state index contributed by atoms with van der Waals surface area (Å²) in [6.45, 7) is 0.477. The molecule has 1 heterocycles. The van der Waals surface area contributed by atoms with Crippen molar-refractivity contribution < 1.29 is 9.18 Å². The number of rotatable bonds is 3. The minimum atomic E-state index is -0.375. The predicted octanol–water partition coefficient (Wildman–Crippen LogP) is 3.26. The number of hydrogen-bond donors (Lipinski definition) is 0. The minimum absolute atomic E-state index is 0.163. The third-order valence-electron chi connectivity index (χ3n) is 2.68. The van der Waals surface area contributed by atoms with E-state index < -0.39 is 0 Å². The summed E-state index contributed by atoms with van der Waals surface area (Å²) in [6.07, 6.45) is 3.36.